The van der Waals surface area contributed by atoms with E-state index in [4.69, 9.17) is 15.2 Å². The SMILES string of the molecule is C[C@H](COC(=O)c1ccc(F)cc1)OC(=O)[C@@H](N)Cc1ccc(O)c(O)c1. The first-order valence-electron chi connectivity index (χ1n) is 8.16. The normalized spacial score (nSPS) is 12.9. The predicted octanol–water partition coefficient (Wildman–Crippen LogP) is 1.90. The summed E-state index contributed by atoms with van der Waals surface area (Å²) < 4.78 is 23.0. The highest BCUT2D eigenvalue weighted by Crippen LogP contribution is 2.25. The van der Waals surface area contributed by atoms with Crippen molar-refractivity contribution in [3.63, 3.8) is 0 Å². The van der Waals surface area contributed by atoms with Crippen LogP contribution in [0.15, 0.2) is 42.5 Å². The lowest BCUT2D eigenvalue weighted by Gasteiger charge is -2.17. The monoisotopic (exact) mass is 377 g/mol. The molecule has 0 radical (unpaired) electrons. The average molecular weight is 377 g/mol. The van der Waals surface area contributed by atoms with Crippen molar-refractivity contribution in [1.82, 2.24) is 0 Å². The second-order valence-corrected chi connectivity index (χ2v) is 5.99. The van der Waals surface area contributed by atoms with Gasteiger partial charge < -0.3 is 25.4 Å². The van der Waals surface area contributed by atoms with Crippen molar-refractivity contribution >= 4 is 11.9 Å². The molecule has 2 atom stereocenters. The Kier molecular flexibility index (Phi) is 6.73. The Hall–Kier alpha value is -3.13. The number of halogens is 1. The number of nitrogens with two attached hydrogens (primary N) is 1. The van der Waals surface area contributed by atoms with E-state index >= 15 is 0 Å². The Labute approximate surface area is 155 Å². The van der Waals surface area contributed by atoms with Gasteiger partial charge in [-0.2, -0.15) is 0 Å². The maximum atomic E-state index is 12.8. The molecule has 0 aliphatic heterocycles. The van der Waals surface area contributed by atoms with Gasteiger partial charge >= 0.3 is 11.9 Å². The summed E-state index contributed by atoms with van der Waals surface area (Å²) in [5, 5.41) is 18.7. The van der Waals surface area contributed by atoms with Crippen LogP contribution in [0.3, 0.4) is 0 Å². The quantitative estimate of drug-likeness (QED) is 0.498. The van der Waals surface area contributed by atoms with Gasteiger partial charge in [0.1, 0.15) is 24.6 Å². The standard InChI is InChI=1S/C19H20FNO6/c1-11(10-26-18(24)13-3-5-14(20)6-4-13)27-19(25)15(21)8-12-2-7-16(22)17(23)9-12/h2-7,9,11,15,22-23H,8,10,21H2,1H3/t11-,15+/m1/s1. The molecule has 0 aromatic heterocycles. The van der Waals surface area contributed by atoms with Crippen molar-refractivity contribution in [2.24, 2.45) is 5.73 Å². The van der Waals surface area contributed by atoms with Gasteiger partial charge in [-0.25, -0.2) is 9.18 Å². The van der Waals surface area contributed by atoms with E-state index in [2.05, 4.69) is 0 Å². The Morgan fingerprint density at radius 2 is 1.78 bits per heavy atom. The van der Waals surface area contributed by atoms with Crippen LogP contribution in [0.4, 0.5) is 4.39 Å². The van der Waals surface area contributed by atoms with Crippen LogP contribution in [0.5, 0.6) is 11.5 Å². The number of carbonyl (C=O) groups is 2. The molecule has 8 heteroatoms. The fraction of sp³-hybridized carbons (Fsp3) is 0.263. The second kappa shape index (κ2) is 9.00. The first-order chi connectivity index (χ1) is 12.8. The predicted molar refractivity (Wildman–Crippen MR) is 93.7 cm³/mol. The molecule has 144 valence electrons. The summed E-state index contributed by atoms with van der Waals surface area (Å²) in [4.78, 5) is 23.8. The van der Waals surface area contributed by atoms with E-state index in [-0.39, 0.29) is 30.1 Å². The summed E-state index contributed by atoms with van der Waals surface area (Å²) in [6.07, 6.45) is -0.643. The third-order valence-corrected chi connectivity index (χ3v) is 3.64. The van der Waals surface area contributed by atoms with E-state index < -0.39 is 29.9 Å². The van der Waals surface area contributed by atoms with E-state index in [1.807, 2.05) is 0 Å². The van der Waals surface area contributed by atoms with Crippen molar-refractivity contribution in [3.8, 4) is 11.5 Å². The van der Waals surface area contributed by atoms with Crippen LogP contribution in [-0.4, -0.2) is 40.9 Å². The zero-order valence-electron chi connectivity index (χ0n) is 14.6. The first kappa shape index (κ1) is 20.2. The van der Waals surface area contributed by atoms with Gasteiger partial charge in [0.05, 0.1) is 5.56 Å². The van der Waals surface area contributed by atoms with Gasteiger partial charge in [0.2, 0.25) is 0 Å². The molecule has 7 nitrogen and oxygen atoms in total. The molecule has 0 bridgehead atoms. The van der Waals surface area contributed by atoms with E-state index in [1.165, 1.54) is 37.3 Å². The third-order valence-electron chi connectivity index (χ3n) is 3.64. The van der Waals surface area contributed by atoms with Crippen LogP contribution < -0.4 is 5.73 Å². The van der Waals surface area contributed by atoms with E-state index in [9.17, 15) is 24.2 Å². The fourth-order valence-corrected chi connectivity index (χ4v) is 2.22. The van der Waals surface area contributed by atoms with Crippen LogP contribution in [0, 0.1) is 5.82 Å². The molecule has 0 saturated heterocycles. The van der Waals surface area contributed by atoms with Crippen LogP contribution in [-0.2, 0) is 20.7 Å². The Morgan fingerprint density at radius 1 is 1.11 bits per heavy atom. The molecule has 0 aliphatic carbocycles. The molecule has 0 fully saturated rings. The summed E-state index contributed by atoms with van der Waals surface area (Å²) in [5.74, 6) is -2.42. The minimum Gasteiger partial charge on any atom is -0.504 e. The minimum atomic E-state index is -0.996. The van der Waals surface area contributed by atoms with Gasteiger partial charge in [-0.05, 0) is 55.3 Å². The Bertz CT molecular complexity index is 808. The number of hydrogen-bond acceptors (Lipinski definition) is 7. The molecule has 0 heterocycles. The maximum Gasteiger partial charge on any atom is 0.338 e. The molecule has 0 saturated carbocycles. The lowest BCUT2D eigenvalue weighted by Crippen LogP contribution is -2.37. The van der Waals surface area contributed by atoms with Gasteiger partial charge in [-0.1, -0.05) is 6.07 Å². The fourth-order valence-electron chi connectivity index (χ4n) is 2.22. The molecule has 0 unspecified atom stereocenters. The number of phenolic OH excluding ortho intramolecular Hbond substituents is 2. The number of benzene rings is 2. The first-order valence-corrected chi connectivity index (χ1v) is 8.16. The molecule has 2 rings (SSSR count). The maximum absolute atomic E-state index is 12.8. The van der Waals surface area contributed by atoms with Crippen LogP contribution in [0.25, 0.3) is 0 Å². The largest absolute Gasteiger partial charge is 0.504 e. The van der Waals surface area contributed by atoms with Gasteiger partial charge in [0.25, 0.3) is 0 Å². The van der Waals surface area contributed by atoms with Crippen molar-refractivity contribution in [3.05, 3.63) is 59.4 Å². The average Bonchev–Trinajstić information content (AvgIpc) is 2.63. The van der Waals surface area contributed by atoms with E-state index in [1.54, 1.807) is 0 Å². The number of rotatable bonds is 7. The summed E-state index contributed by atoms with van der Waals surface area (Å²) in [6, 6.07) is 7.98. The molecule has 4 N–H and O–H groups in total. The smallest absolute Gasteiger partial charge is 0.338 e. The van der Waals surface area contributed by atoms with Crippen molar-refractivity contribution < 1.29 is 33.7 Å². The highest BCUT2D eigenvalue weighted by molar-refractivity contribution is 5.89. The molecule has 27 heavy (non-hydrogen) atoms. The lowest BCUT2D eigenvalue weighted by atomic mass is 10.1. The van der Waals surface area contributed by atoms with Gasteiger partial charge in [-0.15, -0.1) is 0 Å². The number of carbonyl (C=O) groups excluding carboxylic acids is 2. The lowest BCUT2D eigenvalue weighted by molar-refractivity contribution is -0.151. The number of aromatic hydroxyl groups is 2. The summed E-state index contributed by atoms with van der Waals surface area (Å²) in [7, 11) is 0. The molecule has 0 spiro atoms. The Balaban J connectivity index is 1.80. The van der Waals surface area contributed by atoms with Crippen molar-refractivity contribution in [2.75, 3.05) is 6.61 Å². The van der Waals surface area contributed by atoms with E-state index in [0.29, 0.717) is 5.56 Å². The summed E-state index contributed by atoms with van der Waals surface area (Å²) >= 11 is 0. The van der Waals surface area contributed by atoms with Crippen LogP contribution in [0.1, 0.15) is 22.8 Å². The molecule has 2 aromatic carbocycles. The van der Waals surface area contributed by atoms with Gasteiger partial charge in [0, 0.05) is 0 Å². The van der Waals surface area contributed by atoms with Gasteiger partial charge in [-0.3, -0.25) is 4.79 Å². The Morgan fingerprint density at radius 3 is 2.41 bits per heavy atom. The highest BCUT2D eigenvalue weighted by Gasteiger charge is 2.20. The van der Waals surface area contributed by atoms with Crippen LogP contribution >= 0.6 is 0 Å². The number of phenols is 2. The highest BCUT2D eigenvalue weighted by atomic mass is 19.1. The zero-order valence-corrected chi connectivity index (χ0v) is 14.6. The van der Waals surface area contributed by atoms with Gasteiger partial charge in [0.15, 0.2) is 11.5 Å². The van der Waals surface area contributed by atoms with Crippen molar-refractivity contribution in [2.45, 2.75) is 25.5 Å². The molecular formula is C19H20FNO6. The molecule has 0 aliphatic rings. The molecule has 2 aromatic rings. The topological polar surface area (TPSA) is 119 Å². The summed E-state index contributed by atoms with van der Waals surface area (Å²) in [6.45, 7) is 1.35. The number of hydrogen-bond donors (Lipinski definition) is 3. The minimum absolute atomic E-state index is 0.0920. The zero-order chi connectivity index (χ0) is 20.0. The van der Waals surface area contributed by atoms with Crippen LogP contribution in [0.2, 0.25) is 0 Å². The number of esters is 2. The summed E-state index contributed by atoms with van der Waals surface area (Å²) in [5.41, 5.74) is 6.51. The van der Waals surface area contributed by atoms with E-state index in [0.717, 1.165) is 12.1 Å². The number of ether oxygens (including phenoxy) is 2. The molecule has 0 amide bonds. The second-order valence-electron chi connectivity index (χ2n) is 5.99. The van der Waals surface area contributed by atoms with Crippen molar-refractivity contribution in [1.29, 1.82) is 0 Å². The molecular weight excluding hydrogens is 357 g/mol. The third kappa shape index (κ3) is 5.96.